The van der Waals surface area contributed by atoms with Gasteiger partial charge in [-0.25, -0.2) is 12.8 Å². The average Bonchev–Trinajstić information content (AvgIpc) is 3.00. The van der Waals surface area contributed by atoms with E-state index in [-0.39, 0.29) is 35.2 Å². The van der Waals surface area contributed by atoms with E-state index in [1.807, 2.05) is 37.3 Å². The zero-order valence-electron chi connectivity index (χ0n) is 25.7. The minimum absolute atomic E-state index is 0.0145. The van der Waals surface area contributed by atoms with Crippen LogP contribution in [0.15, 0.2) is 102 Å². The van der Waals surface area contributed by atoms with E-state index < -0.39 is 40.2 Å². The van der Waals surface area contributed by atoms with E-state index in [9.17, 15) is 18.0 Å². The van der Waals surface area contributed by atoms with Crippen molar-refractivity contribution >= 4 is 39.1 Å². The third-order valence-corrected chi connectivity index (χ3v) is 9.58. The average molecular weight is 650 g/mol. The number of aryl methyl sites for hydroxylation is 1. The quantitative estimate of drug-likeness (QED) is 0.191. The first-order chi connectivity index (χ1) is 21.4. The number of nitrogens with zero attached hydrogens (tertiary/aromatic N) is 2. The second-order valence-corrected chi connectivity index (χ2v) is 13.5. The molecule has 0 aliphatic heterocycles. The molecule has 0 bridgehead atoms. The van der Waals surface area contributed by atoms with Gasteiger partial charge >= 0.3 is 0 Å². The zero-order chi connectivity index (χ0) is 32.7. The number of halogens is 2. The SMILES string of the molecule is Cc1ccc(S(=O)(=O)N(CC(=O)N(Cc2ccccc2F)C(Cc2ccccc2)C(=O)NC(C)C)c2cccc(Cl)c2C)cc1. The zero-order valence-corrected chi connectivity index (χ0v) is 27.3. The molecule has 0 aliphatic rings. The molecular weight excluding hydrogens is 613 g/mol. The summed E-state index contributed by atoms with van der Waals surface area (Å²) in [6.07, 6.45) is 0.125. The van der Waals surface area contributed by atoms with Gasteiger partial charge in [-0.05, 0) is 69.2 Å². The lowest BCUT2D eigenvalue weighted by Gasteiger charge is -2.34. The topological polar surface area (TPSA) is 86.8 Å². The number of nitrogens with one attached hydrogen (secondary N) is 1. The van der Waals surface area contributed by atoms with Crippen LogP contribution in [0.5, 0.6) is 0 Å². The number of amides is 2. The Balaban J connectivity index is 1.85. The normalized spacial score (nSPS) is 12.1. The summed E-state index contributed by atoms with van der Waals surface area (Å²) in [4.78, 5) is 29.5. The van der Waals surface area contributed by atoms with Crippen molar-refractivity contribution in [3.05, 3.63) is 130 Å². The molecule has 45 heavy (non-hydrogen) atoms. The minimum atomic E-state index is -4.29. The van der Waals surface area contributed by atoms with Gasteiger partial charge < -0.3 is 10.2 Å². The van der Waals surface area contributed by atoms with Gasteiger partial charge in [-0.3, -0.25) is 13.9 Å². The molecule has 4 aromatic rings. The fourth-order valence-electron chi connectivity index (χ4n) is 4.96. The third kappa shape index (κ3) is 8.29. The van der Waals surface area contributed by atoms with Crippen molar-refractivity contribution in [1.29, 1.82) is 0 Å². The summed E-state index contributed by atoms with van der Waals surface area (Å²) in [6, 6.07) is 25.0. The van der Waals surface area contributed by atoms with Crippen molar-refractivity contribution in [3.8, 4) is 0 Å². The maximum Gasteiger partial charge on any atom is 0.264 e. The maximum absolute atomic E-state index is 15.0. The molecular formula is C35H37ClFN3O4S. The molecule has 7 nitrogen and oxygen atoms in total. The molecule has 10 heteroatoms. The molecule has 0 saturated carbocycles. The molecule has 1 N–H and O–H groups in total. The van der Waals surface area contributed by atoms with E-state index in [0.717, 1.165) is 15.4 Å². The summed E-state index contributed by atoms with van der Waals surface area (Å²) in [5, 5.41) is 3.21. The van der Waals surface area contributed by atoms with Gasteiger partial charge in [0.1, 0.15) is 18.4 Å². The summed E-state index contributed by atoms with van der Waals surface area (Å²) in [6.45, 7) is 6.20. The van der Waals surface area contributed by atoms with Gasteiger partial charge in [0.15, 0.2) is 0 Å². The smallest absolute Gasteiger partial charge is 0.264 e. The van der Waals surface area contributed by atoms with Crippen LogP contribution in [0, 0.1) is 19.7 Å². The van der Waals surface area contributed by atoms with Crippen molar-refractivity contribution in [3.63, 3.8) is 0 Å². The number of hydrogen-bond acceptors (Lipinski definition) is 4. The summed E-state index contributed by atoms with van der Waals surface area (Å²) in [5.74, 6) is -1.67. The molecule has 4 rings (SSSR count). The Bertz CT molecular complexity index is 1750. The minimum Gasteiger partial charge on any atom is -0.352 e. The number of carbonyl (C=O) groups is 2. The monoisotopic (exact) mass is 649 g/mol. The summed E-state index contributed by atoms with van der Waals surface area (Å²) in [7, 11) is -4.29. The van der Waals surface area contributed by atoms with Crippen molar-refractivity contribution < 1.29 is 22.4 Å². The van der Waals surface area contributed by atoms with Gasteiger partial charge in [-0.15, -0.1) is 0 Å². The Morgan fingerprint density at radius 2 is 1.51 bits per heavy atom. The lowest BCUT2D eigenvalue weighted by Crippen LogP contribution is -2.54. The Morgan fingerprint density at radius 3 is 2.16 bits per heavy atom. The highest BCUT2D eigenvalue weighted by molar-refractivity contribution is 7.92. The number of sulfonamides is 1. The number of hydrogen-bond donors (Lipinski definition) is 1. The molecule has 0 aliphatic carbocycles. The molecule has 0 fully saturated rings. The van der Waals surface area contributed by atoms with Crippen LogP contribution in [0.1, 0.15) is 36.1 Å². The van der Waals surface area contributed by atoms with Gasteiger partial charge in [-0.1, -0.05) is 83.9 Å². The molecule has 0 radical (unpaired) electrons. The standard InChI is InChI=1S/C35H37ClFN3O4S/c1-24(2)38-35(42)33(21-27-11-6-5-7-12-27)39(22-28-13-8-9-15-31(28)37)34(41)23-40(32-16-10-14-30(36)26(32)4)45(43,44)29-19-17-25(3)18-20-29/h5-20,24,33H,21-23H2,1-4H3,(H,38,42). The second kappa shape index (κ2) is 14.7. The Kier molecular flexibility index (Phi) is 11.0. The van der Waals surface area contributed by atoms with Gasteiger partial charge in [0.05, 0.1) is 10.6 Å². The van der Waals surface area contributed by atoms with Crippen LogP contribution < -0.4 is 9.62 Å². The molecule has 1 atom stereocenters. The van der Waals surface area contributed by atoms with Crippen molar-refractivity contribution in [1.82, 2.24) is 10.2 Å². The van der Waals surface area contributed by atoms with E-state index in [1.54, 1.807) is 57.2 Å². The third-order valence-electron chi connectivity index (χ3n) is 7.40. The highest BCUT2D eigenvalue weighted by Gasteiger charge is 2.35. The van der Waals surface area contributed by atoms with Crippen molar-refractivity contribution in [2.45, 2.75) is 57.6 Å². The van der Waals surface area contributed by atoms with Crippen LogP contribution in [0.2, 0.25) is 5.02 Å². The van der Waals surface area contributed by atoms with Crippen LogP contribution >= 0.6 is 11.6 Å². The van der Waals surface area contributed by atoms with Crippen LogP contribution in [-0.2, 0) is 32.6 Å². The van der Waals surface area contributed by atoms with E-state index >= 15 is 4.39 Å². The van der Waals surface area contributed by atoms with E-state index in [1.165, 1.54) is 35.2 Å². The molecule has 0 spiro atoms. The van der Waals surface area contributed by atoms with Crippen molar-refractivity contribution in [2.75, 3.05) is 10.8 Å². The summed E-state index contributed by atoms with van der Waals surface area (Å²) < 4.78 is 44.4. The van der Waals surface area contributed by atoms with Gasteiger partial charge in [0.2, 0.25) is 11.8 Å². The number of rotatable bonds is 12. The van der Waals surface area contributed by atoms with Gasteiger partial charge in [-0.2, -0.15) is 0 Å². The number of carbonyl (C=O) groups excluding carboxylic acids is 2. The Labute approximate surface area is 269 Å². The summed E-state index contributed by atoms with van der Waals surface area (Å²) >= 11 is 6.42. The molecule has 0 heterocycles. The predicted molar refractivity (Wildman–Crippen MR) is 176 cm³/mol. The van der Waals surface area contributed by atoms with Crippen LogP contribution in [0.25, 0.3) is 0 Å². The van der Waals surface area contributed by atoms with Crippen molar-refractivity contribution in [2.24, 2.45) is 0 Å². The molecule has 236 valence electrons. The number of anilines is 1. The fraction of sp³-hybridized carbons (Fsp3) is 0.257. The fourth-order valence-corrected chi connectivity index (χ4v) is 6.60. The molecule has 0 aromatic heterocycles. The Hall–Kier alpha value is -4.21. The van der Waals surface area contributed by atoms with Crippen LogP contribution in [-0.4, -0.2) is 43.8 Å². The number of benzene rings is 4. The van der Waals surface area contributed by atoms with Crippen LogP contribution in [0.3, 0.4) is 0 Å². The predicted octanol–water partition coefficient (Wildman–Crippen LogP) is 6.46. The summed E-state index contributed by atoms with van der Waals surface area (Å²) in [5.41, 5.74) is 2.51. The second-order valence-electron chi connectivity index (χ2n) is 11.2. The molecule has 2 amide bonds. The van der Waals surface area contributed by atoms with E-state index in [0.29, 0.717) is 10.6 Å². The first-order valence-corrected chi connectivity index (χ1v) is 16.4. The first kappa shape index (κ1) is 33.7. The van der Waals surface area contributed by atoms with Gasteiger partial charge in [0, 0.05) is 29.6 Å². The van der Waals surface area contributed by atoms with Crippen LogP contribution in [0.4, 0.5) is 10.1 Å². The lowest BCUT2D eigenvalue weighted by molar-refractivity contribution is -0.140. The van der Waals surface area contributed by atoms with E-state index in [2.05, 4.69) is 5.32 Å². The molecule has 4 aromatic carbocycles. The molecule has 0 saturated heterocycles. The Morgan fingerprint density at radius 1 is 0.867 bits per heavy atom. The molecule has 1 unspecified atom stereocenters. The maximum atomic E-state index is 15.0. The van der Waals surface area contributed by atoms with E-state index in [4.69, 9.17) is 11.6 Å². The highest BCUT2D eigenvalue weighted by atomic mass is 35.5. The lowest BCUT2D eigenvalue weighted by atomic mass is 10.0. The highest BCUT2D eigenvalue weighted by Crippen LogP contribution is 2.31. The largest absolute Gasteiger partial charge is 0.352 e. The van der Waals surface area contributed by atoms with Gasteiger partial charge in [0.25, 0.3) is 10.0 Å². The first-order valence-electron chi connectivity index (χ1n) is 14.6.